The van der Waals surface area contributed by atoms with Crippen LogP contribution in [0.3, 0.4) is 0 Å². The summed E-state index contributed by atoms with van der Waals surface area (Å²) in [5, 5.41) is 50.2. The number of carboxylic acids is 1. The Hall–Kier alpha value is -1.22. The van der Waals surface area contributed by atoms with Crippen molar-refractivity contribution >= 4 is 11.9 Å². The number of carbonyl (C=O) groups excluding carboxylic acids is 1. The maximum Gasteiger partial charge on any atom is 0.312 e. The van der Waals surface area contributed by atoms with Crippen molar-refractivity contribution in [1.29, 1.82) is 0 Å². The summed E-state index contributed by atoms with van der Waals surface area (Å²) in [6.07, 6.45) is -0.835. The molecule has 0 spiro atoms. The molecule has 0 aromatic heterocycles. The van der Waals surface area contributed by atoms with E-state index in [9.17, 15) is 30.0 Å². The zero-order valence-corrected chi connectivity index (χ0v) is 15.3. The predicted octanol–water partition coefficient (Wildman–Crippen LogP) is 0.0175. The second-order valence-electron chi connectivity index (χ2n) is 7.03. The van der Waals surface area contributed by atoms with Crippen LogP contribution >= 0.6 is 0 Å². The van der Waals surface area contributed by atoms with E-state index in [0.29, 0.717) is 32.1 Å². The average Bonchev–Trinajstić information content (AvgIpc) is 2.56. The smallest absolute Gasteiger partial charge is 0.312 e. The standard InChI is InChI=1S/C17H33NO7/c1-4-11(19)5-6-12(20)7-8-13(21)9-10-18-15(23)14(22)17(2,3)16(24)25/h11-14,19-22H,4-10H2,1-3H3,(H,18,23)(H,24,25). The first-order valence-electron chi connectivity index (χ1n) is 8.75. The molecule has 0 aliphatic heterocycles. The van der Waals surface area contributed by atoms with Gasteiger partial charge in [0, 0.05) is 6.54 Å². The first-order chi connectivity index (χ1) is 11.5. The van der Waals surface area contributed by atoms with Gasteiger partial charge in [-0.2, -0.15) is 0 Å². The van der Waals surface area contributed by atoms with Gasteiger partial charge < -0.3 is 30.8 Å². The number of carbonyl (C=O) groups is 2. The van der Waals surface area contributed by atoms with Crippen LogP contribution in [-0.4, -0.2) is 68.4 Å². The lowest BCUT2D eigenvalue weighted by Gasteiger charge is -2.25. The minimum atomic E-state index is -1.69. The van der Waals surface area contributed by atoms with Crippen molar-refractivity contribution in [2.75, 3.05) is 6.54 Å². The molecule has 0 saturated heterocycles. The van der Waals surface area contributed by atoms with E-state index in [2.05, 4.69) is 5.32 Å². The van der Waals surface area contributed by atoms with Crippen LogP contribution in [0.4, 0.5) is 0 Å². The molecule has 0 fully saturated rings. The lowest BCUT2D eigenvalue weighted by molar-refractivity contribution is -0.159. The van der Waals surface area contributed by atoms with Crippen LogP contribution in [0.2, 0.25) is 0 Å². The van der Waals surface area contributed by atoms with Gasteiger partial charge in [-0.15, -0.1) is 0 Å². The van der Waals surface area contributed by atoms with Gasteiger partial charge >= 0.3 is 5.97 Å². The van der Waals surface area contributed by atoms with E-state index in [4.69, 9.17) is 5.11 Å². The highest BCUT2D eigenvalue weighted by molar-refractivity contribution is 5.88. The summed E-state index contributed by atoms with van der Waals surface area (Å²) in [6.45, 7) is 4.47. The minimum absolute atomic E-state index is 0.0946. The van der Waals surface area contributed by atoms with Crippen LogP contribution in [0.25, 0.3) is 0 Å². The van der Waals surface area contributed by atoms with Crippen molar-refractivity contribution in [2.45, 2.75) is 83.7 Å². The first kappa shape index (κ1) is 23.8. The van der Waals surface area contributed by atoms with Crippen molar-refractivity contribution in [3.05, 3.63) is 0 Å². The third kappa shape index (κ3) is 9.15. The van der Waals surface area contributed by atoms with Crippen LogP contribution in [0.15, 0.2) is 0 Å². The van der Waals surface area contributed by atoms with Crippen molar-refractivity contribution in [2.24, 2.45) is 5.41 Å². The maximum absolute atomic E-state index is 11.7. The van der Waals surface area contributed by atoms with Crippen molar-refractivity contribution in [1.82, 2.24) is 5.32 Å². The van der Waals surface area contributed by atoms with Gasteiger partial charge in [0.15, 0.2) is 0 Å². The van der Waals surface area contributed by atoms with Gasteiger partial charge in [-0.1, -0.05) is 6.92 Å². The largest absolute Gasteiger partial charge is 0.481 e. The van der Waals surface area contributed by atoms with Gasteiger partial charge in [-0.05, 0) is 52.4 Å². The highest BCUT2D eigenvalue weighted by Gasteiger charge is 2.40. The molecule has 8 heteroatoms. The highest BCUT2D eigenvalue weighted by atomic mass is 16.4. The Morgan fingerprint density at radius 2 is 1.32 bits per heavy atom. The minimum Gasteiger partial charge on any atom is -0.481 e. The van der Waals surface area contributed by atoms with Crippen LogP contribution in [0.1, 0.15) is 59.3 Å². The van der Waals surface area contributed by atoms with E-state index in [1.165, 1.54) is 13.8 Å². The van der Waals surface area contributed by atoms with E-state index < -0.39 is 41.7 Å². The van der Waals surface area contributed by atoms with Gasteiger partial charge in [0.1, 0.15) is 6.10 Å². The molecular formula is C17H33NO7. The quantitative estimate of drug-likeness (QED) is 0.270. The molecule has 0 saturated carbocycles. The van der Waals surface area contributed by atoms with Crippen molar-refractivity contribution in [3.63, 3.8) is 0 Å². The summed E-state index contributed by atoms with van der Waals surface area (Å²) in [7, 11) is 0. The van der Waals surface area contributed by atoms with Crippen LogP contribution in [0.5, 0.6) is 0 Å². The summed E-state index contributed by atoms with van der Waals surface area (Å²) < 4.78 is 0. The summed E-state index contributed by atoms with van der Waals surface area (Å²) in [5.41, 5.74) is -1.60. The second kappa shape index (κ2) is 11.4. The molecule has 6 N–H and O–H groups in total. The summed E-state index contributed by atoms with van der Waals surface area (Å²) in [6, 6.07) is 0. The summed E-state index contributed by atoms with van der Waals surface area (Å²) in [4.78, 5) is 22.7. The molecule has 8 nitrogen and oxygen atoms in total. The second-order valence-corrected chi connectivity index (χ2v) is 7.03. The average molecular weight is 363 g/mol. The molecule has 4 unspecified atom stereocenters. The van der Waals surface area contributed by atoms with Gasteiger partial charge in [0.05, 0.1) is 23.7 Å². The Bertz CT molecular complexity index is 414. The molecule has 1 amide bonds. The molecule has 0 heterocycles. The molecule has 0 aromatic carbocycles. The van der Waals surface area contributed by atoms with Crippen molar-refractivity contribution < 1.29 is 35.1 Å². The lowest BCUT2D eigenvalue weighted by atomic mass is 9.86. The Morgan fingerprint density at radius 3 is 1.76 bits per heavy atom. The van der Waals surface area contributed by atoms with E-state index in [1.807, 2.05) is 6.92 Å². The van der Waals surface area contributed by atoms with E-state index in [-0.39, 0.29) is 13.0 Å². The molecule has 0 aliphatic rings. The number of aliphatic hydroxyl groups is 4. The number of hydrogen-bond donors (Lipinski definition) is 6. The fraction of sp³-hybridized carbons (Fsp3) is 0.882. The molecule has 0 aliphatic carbocycles. The van der Waals surface area contributed by atoms with Crippen LogP contribution < -0.4 is 5.32 Å². The molecule has 4 atom stereocenters. The van der Waals surface area contributed by atoms with Gasteiger partial charge in [-0.25, -0.2) is 0 Å². The number of rotatable bonds is 13. The Morgan fingerprint density at radius 1 is 0.880 bits per heavy atom. The molecule has 0 radical (unpaired) electrons. The van der Waals surface area contributed by atoms with Crippen molar-refractivity contribution in [3.8, 4) is 0 Å². The third-order valence-corrected chi connectivity index (χ3v) is 4.40. The molecule has 0 rings (SSSR count). The number of aliphatic carboxylic acids is 1. The van der Waals surface area contributed by atoms with Gasteiger partial charge in [0.25, 0.3) is 0 Å². The zero-order chi connectivity index (χ0) is 19.6. The number of aliphatic hydroxyl groups excluding tert-OH is 4. The molecule has 148 valence electrons. The third-order valence-electron chi connectivity index (χ3n) is 4.40. The monoisotopic (exact) mass is 363 g/mol. The fourth-order valence-corrected chi connectivity index (χ4v) is 2.17. The Kier molecular flexibility index (Phi) is 10.8. The topological polar surface area (TPSA) is 147 Å². The molecule has 0 aromatic rings. The maximum atomic E-state index is 11.7. The predicted molar refractivity (Wildman–Crippen MR) is 91.8 cm³/mol. The van der Waals surface area contributed by atoms with Crippen LogP contribution in [-0.2, 0) is 9.59 Å². The lowest BCUT2D eigenvalue weighted by Crippen LogP contribution is -2.48. The Balaban J connectivity index is 4.01. The van der Waals surface area contributed by atoms with Gasteiger partial charge in [-0.3, -0.25) is 9.59 Å². The zero-order valence-electron chi connectivity index (χ0n) is 15.3. The SMILES string of the molecule is CCC(O)CCC(O)CCC(O)CCNC(=O)C(O)C(C)(C)C(=O)O. The number of nitrogens with one attached hydrogen (secondary N) is 1. The highest BCUT2D eigenvalue weighted by Crippen LogP contribution is 2.21. The molecular weight excluding hydrogens is 330 g/mol. The molecule has 25 heavy (non-hydrogen) atoms. The molecule has 0 bridgehead atoms. The van der Waals surface area contributed by atoms with Gasteiger partial charge in [0.2, 0.25) is 5.91 Å². The van der Waals surface area contributed by atoms with E-state index in [0.717, 1.165) is 0 Å². The van der Waals surface area contributed by atoms with E-state index >= 15 is 0 Å². The van der Waals surface area contributed by atoms with Crippen LogP contribution in [0, 0.1) is 5.41 Å². The fourth-order valence-electron chi connectivity index (χ4n) is 2.17. The summed E-state index contributed by atoms with van der Waals surface area (Å²) in [5.74, 6) is -2.08. The summed E-state index contributed by atoms with van der Waals surface area (Å²) >= 11 is 0. The number of amides is 1. The first-order valence-corrected chi connectivity index (χ1v) is 8.75. The van der Waals surface area contributed by atoms with E-state index in [1.54, 1.807) is 0 Å². The Labute approximate surface area is 148 Å². The number of hydrogen-bond acceptors (Lipinski definition) is 6. The normalized spacial score (nSPS) is 16.8. The number of carboxylic acid groups (broad SMARTS) is 1.